The van der Waals surface area contributed by atoms with Crippen molar-refractivity contribution in [1.82, 2.24) is 5.32 Å². The fourth-order valence-electron chi connectivity index (χ4n) is 1.70. The van der Waals surface area contributed by atoms with Crippen molar-refractivity contribution in [2.75, 3.05) is 19.3 Å². The van der Waals surface area contributed by atoms with E-state index in [2.05, 4.69) is 32.3 Å². The molecule has 4 heteroatoms. The molecule has 0 rings (SSSR count). The third-order valence-corrected chi connectivity index (χ3v) is 5.18. The standard InChI is InChI=1S/C13H28N2OS/c1-5-13(6-2,17-4)10-15-12(16)8-7-11(3)9-14/h11H,5-10,14H2,1-4H3,(H,15,16). The highest BCUT2D eigenvalue weighted by Crippen LogP contribution is 2.29. The van der Waals surface area contributed by atoms with E-state index in [1.165, 1.54) is 0 Å². The Morgan fingerprint density at radius 1 is 1.41 bits per heavy atom. The lowest BCUT2D eigenvalue weighted by atomic mass is 10.0. The van der Waals surface area contributed by atoms with E-state index in [0.29, 0.717) is 18.9 Å². The van der Waals surface area contributed by atoms with Crippen molar-refractivity contribution in [2.24, 2.45) is 11.7 Å². The minimum atomic E-state index is 0.158. The predicted octanol–water partition coefficient (Wildman–Crippen LogP) is 2.40. The van der Waals surface area contributed by atoms with Crippen LogP contribution in [0.1, 0.15) is 46.5 Å². The van der Waals surface area contributed by atoms with E-state index in [-0.39, 0.29) is 10.7 Å². The number of nitrogens with two attached hydrogens (primary N) is 1. The van der Waals surface area contributed by atoms with Crippen LogP contribution in [0, 0.1) is 5.92 Å². The molecular formula is C13H28N2OS. The fourth-order valence-corrected chi connectivity index (χ4v) is 2.50. The number of thioether (sulfide) groups is 1. The first-order chi connectivity index (χ1) is 8.03. The molecule has 0 aromatic carbocycles. The number of carbonyl (C=O) groups is 1. The Kier molecular flexibility index (Phi) is 8.70. The molecule has 0 spiro atoms. The SMILES string of the molecule is CCC(CC)(CNC(=O)CCC(C)CN)SC. The Labute approximate surface area is 110 Å². The summed E-state index contributed by atoms with van der Waals surface area (Å²) in [5.74, 6) is 0.592. The van der Waals surface area contributed by atoms with Gasteiger partial charge < -0.3 is 11.1 Å². The molecule has 0 aliphatic rings. The highest BCUT2D eigenvalue weighted by Gasteiger charge is 2.25. The number of carbonyl (C=O) groups excluding carboxylic acids is 1. The molecule has 1 unspecified atom stereocenters. The van der Waals surface area contributed by atoms with Crippen molar-refractivity contribution in [3.05, 3.63) is 0 Å². The lowest BCUT2D eigenvalue weighted by Crippen LogP contribution is -2.39. The van der Waals surface area contributed by atoms with E-state index in [9.17, 15) is 4.79 Å². The predicted molar refractivity (Wildman–Crippen MR) is 77.3 cm³/mol. The van der Waals surface area contributed by atoms with Crippen LogP contribution in [-0.2, 0) is 4.79 Å². The zero-order valence-corrected chi connectivity index (χ0v) is 12.5. The van der Waals surface area contributed by atoms with Crippen molar-refractivity contribution < 1.29 is 4.79 Å². The maximum absolute atomic E-state index is 11.7. The van der Waals surface area contributed by atoms with Gasteiger partial charge in [-0.3, -0.25) is 4.79 Å². The second kappa shape index (κ2) is 8.81. The molecule has 0 heterocycles. The molecule has 0 aromatic heterocycles. The van der Waals surface area contributed by atoms with E-state index < -0.39 is 0 Å². The van der Waals surface area contributed by atoms with Gasteiger partial charge in [-0.15, -0.1) is 0 Å². The molecule has 0 fully saturated rings. The van der Waals surface area contributed by atoms with Gasteiger partial charge in [-0.1, -0.05) is 20.8 Å². The summed E-state index contributed by atoms with van der Waals surface area (Å²) in [6.45, 7) is 7.88. The van der Waals surface area contributed by atoms with Gasteiger partial charge in [0.1, 0.15) is 0 Å². The summed E-state index contributed by atoms with van der Waals surface area (Å²) in [5, 5.41) is 3.06. The molecule has 3 N–H and O–H groups in total. The first-order valence-electron chi connectivity index (χ1n) is 6.55. The minimum Gasteiger partial charge on any atom is -0.355 e. The van der Waals surface area contributed by atoms with E-state index >= 15 is 0 Å². The molecule has 1 amide bonds. The van der Waals surface area contributed by atoms with Crippen LogP contribution >= 0.6 is 11.8 Å². The fraction of sp³-hybridized carbons (Fsp3) is 0.923. The number of hydrogen-bond acceptors (Lipinski definition) is 3. The van der Waals surface area contributed by atoms with Crippen LogP contribution in [0.4, 0.5) is 0 Å². The lowest BCUT2D eigenvalue weighted by Gasteiger charge is -2.29. The molecule has 3 nitrogen and oxygen atoms in total. The third-order valence-electron chi connectivity index (χ3n) is 3.60. The number of amides is 1. The molecule has 17 heavy (non-hydrogen) atoms. The molecule has 0 radical (unpaired) electrons. The van der Waals surface area contributed by atoms with Crippen molar-refractivity contribution in [1.29, 1.82) is 0 Å². The Morgan fingerprint density at radius 2 is 2.00 bits per heavy atom. The number of hydrogen-bond donors (Lipinski definition) is 2. The second-order valence-electron chi connectivity index (χ2n) is 4.75. The van der Waals surface area contributed by atoms with Gasteiger partial charge in [0.05, 0.1) is 0 Å². The first kappa shape index (κ1) is 16.8. The molecule has 0 saturated heterocycles. The highest BCUT2D eigenvalue weighted by molar-refractivity contribution is 8.00. The van der Waals surface area contributed by atoms with Gasteiger partial charge in [0.25, 0.3) is 0 Å². The van der Waals surface area contributed by atoms with Crippen molar-refractivity contribution >= 4 is 17.7 Å². The smallest absolute Gasteiger partial charge is 0.220 e. The zero-order valence-electron chi connectivity index (χ0n) is 11.7. The van der Waals surface area contributed by atoms with Crippen molar-refractivity contribution in [3.63, 3.8) is 0 Å². The van der Waals surface area contributed by atoms with Gasteiger partial charge >= 0.3 is 0 Å². The zero-order chi connectivity index (χ0) is 13.3. The molecule has 0 bridgehead atoms. The molecular weight excluding hydrogens is 232 g/mol. The van der Waals surface area contributed by atoms with Crippen molar-refractivity contribution in [2.45, 2.75) is 51.2 Å². The molecule has 1 atom stereocenters. The van der Waals surface area contributed by atoms with Crippen LogP contribution in [0.3, 0.4) is 0 Å². The van der Waals surface area contributed by atoms with Gasteiger partial charge in [0.15, 0.2) is 0 Å². The maximum atomic E-state index is 11.7. The van der Waals surface area contributed by atoms with Crippen LogP contribution in [0.2, 0.25) is 0 Å². The quantitative estimate of drug-likeness (QED) is 0.669. The Hall–Kier alpha value is -0.220. The van der Waals surface area contributed by atoms with Crippen LogP contribution in [0.15, 0.2) is 0 Å². The summed E-state index contributed by atoms with van der Waals surface area (Å²) in [6, 6.07) is 0. The van der Waals surface area contributed by atoms with E-state index in [0.717, 1.165) is 25.8 Å². The largest absolute Gasteiger partial charge is 0.355 e. The van der Waals surface area contributed by atoms with Gasteiger partial charge in [-0.05, 0) is 38.0 Å². The summed E-state index contributed by atoms with van der Waals surface area (Å²) < 4.78 is 0.204. The van der Waals surface area contributed by atoms with Crippen LogP contribution in [0.5, 0.6) is 0 Å². The van der Waals surface area contributed by atoms with E-state index in [1.807, 2.05) is 11.8 Å². The second-order valence-corrected chi connectivity index (χ2v) is 6.02. The molecule has 0 aliphatic carbocycles. The topological polar surface area (TPSA) is 55.1 Å². The van der Waals surface area contributed by atoms with Crippen molar-refractivity contribution in [3.8, 4) is 0 Å². The monoisotopic (exact) mass is 260 g/mol. The summed E-state index contributed by atoms with van der Waals surface area (Å²) in [4.78, 5) is 11.7. The van der Waals surface area contributed by atoms with Gasteiger partial charge in [0.2, 0.25) is 5.91 Å². The van der Waals surface area contributed by atoms with Gasteiger partial charge in [0, 0.05) is 17.7 Å². The number of rotatable bonds is 9. The normalized spacial score (nSPS) is 13.5. The lowest BCUT2D eigenvalue weighted by molar-refractivity contribution is -0.121. The Balaban J connectivity index is 3.97. The summed E-state index contributed by atoms with van der Waals surface area (Å²) in [6.07, 6.45) is 5.77. The third kappa shape index (κ3) is 6.32. The first-order valence-corrected chi connectivity index (χ1v) is 7.78. The minimum absolute atomic E-state index is 0.158. The van der Waals surface area contributed by atoms with Crippen LogP contribution in [-0.4, -0.2) is 30.0 Å². The molecule has 0 aromatic rings. The van der Waals surface area contributed by atoms with Crippen LogP contribution < -0.4 is 11.1 Å². The average Bonchev–Trinajstić information content (AvgIpc) is 2.38. The van der Waals surface area contributed by atoms with E-state index in [1.54, 1.807) is 0 Å². The molecule has 0 aliphatic heterocycles. The molecule has 0 saturated carbocycles. The highest BCUT2D eigenvalue weighted by atomic mass is 32.2. The summed E-state index contributed by atoms with van der Waals surface area (Å²) in [7, 11) is 0. The summed E-state index contributed by atoms with van der Waals surface area (Å²) >= 11 is 1.85. The Morgan fingerprint density at radius 3 is 2.41 bits per heavy atom. The molecule has 102 valence electrons. The Bertz CT molecular complexity index is 209. The van der Waals surface area contributed by atoms with Gasteiger partial charge in [-0.2, -0.15) is 11.8 Å². The van der Waals surface area contributed by atoms with Gasteiger partial charge in [-0.25, -0.2) is 0 Å². The number of nitrogens with one attached hydrogen (secondary N) is 1. The maximum Gasteiger partial charge on any atom is 0.220 e. The van der Waals surface area contributed by atoms with Crippen LogP contribution in [0.25, 0.3) is 0 Å². The average molecular weight is 260 g/mol. The van der Waals surface area contributed by atoms with E-state index in [4.69, 9.17) is 5.73 Å². The summed E-state index contributed by atoms with van der Waals surface area (Å²) in [5.41, 5.74) is 5.53.